The van der Waals surface area contributed by atoms with Crippen LogP contribution in [0.4, 0.5) is 0 Å². The summed E-state index contributed by atoms with van der Waals surface area (Å²) in [6.45, 7) is 2.29. The minimum Gasteiger partial charge on any atom is -0.361 e. The number of aryl methyl sites for hydroxylation is 1. The van der Waals surface area contributed by atoms with E-state index >= 15 is 0 Å². The molecule has 0 radical (unpaired) electrons. The zero-order valence-corrected chi connectivity index (χ0v) is 21.1. The number of halogens is 1. The molecule has 1 aromatic heterocycles. The number of carbonyl (C=O) groups excluding carboxylic acids is 1. The van der Waals surface area contributed by atoms with Gasteiger partial charge in [-0.2, -0.15) is 4.72 Å². The van der Waals surface area contributed by atoms with E-state index in [0.29, 0.717) is 13.0 Å². The number of aromatic amines is 1. The number of hydrogen-bond donors (Lipinski definition) is 3. The molecule has 0 bridgehead atoms. The zero-order chi connectivity index (χ0) is 24.1. The summed E-state index contributed by atoms with van der Waals surface area (Å²) in [5.74, 6) is -0.363. The van der Waals surface area contributed by atoms with E-state index in [0.717, 1.165) is 32.1 Å². The number of para-hydroxylation sites is 1. The summed E-state index contributed by atoms with van der Waals surface area (Å²) >= 11 is 3.41. The number of H-pyrrole nitrogens is 1. The summed E-state index contributed by atoms with van der Waals surface area (Å²) < 4.78 is 29.8. The Kier molecular flexibility index (Phi) is 7.50. The van der Waals surface area contributed by atoms with Crippen molar-refractivity contribution in [3.8, 4) is 0 Å². The monoisotopic (exact) mass is 539 g/mol. The highest BCUT2D eigenvalue weighted by atomic mass is 79.9. The third kappa shape index (κ3) is 5.94. The minimum absolute atomic E-state index is 0.129. The Morgan fingerprint density at radius 2 is 1.71 bits per heavy atom. The molecule has 6 nitrogen and oxygen atoms in total. The summed E-state index contributed by atoms with van der Waals surface area (Å²) in [6.07, 6.45) is 2.69. The molecule has 3 N–H and O–H groups in total. The van der Waals surface area contributed by atoms with Gasteiger partial charge in [0.25, 0.3) is 0 Å². The lowest BCUT2D eigenvalue weighted by Gasteiger charge is -2.19. The molecular formula is C26H26BrN3O3S. The van der Waals surface area contributed by atoms with E-state index in [4.69, 9.17) is 0 Å². The van der Waals surface area contributed by atoms with Crippen LogP contribution in [0.1, 0.15) is 16.7 Å². The molecule has 0 saturated carbocycles. The van der Waals surface area contributed by atoms with Crippen LogP contribution in [0.25, 0.3) is 10.9 Å². The molecule has 3 aromatic carbocycles. The summed E-state index contributed by atoms with van der Waals surface area (Å²) in [5, 5.41) is 3.86. The van der Waals surface area contributed by atoms with Crippen molar-refractivity contribution in [2.75, 3.05) is 6.54 Å². The number of carbonyl (C=O) groups is 1. The molecule has 4 rings (SSSR count). The number of rotatable bonds is 9. The van der Waals surface area contributed by atoms with Crippen molar-refractivity contribution in [2.24, 2.45) is 0 Å². The van der Waals surface area contributed by atoms with E-state index in [2.05, 4.69) is 31.0 Å². The summed E-state index contributed by atoms with van der Waals surface area (Å²) in [4.78, 5) is 16.5. The fourth-order valence-electron chi connectivity index (χ4n) is 3.79. The van der Waals surface area contributed by atoms with Crippen LogP contribution >= 0.6 is 15.9 Å². The number of sulfonamides is 1. The van der Waals surface area contributed by atoms with Crippen molar-refractivity contribution < 1.29 is 13.2 Å². The van der Waals surface area contributed by atoms with E-state index in [-0.39, 0.29) is 17.2 Å². The van der Waals surface area contributed by atoms with Gasteiger partial charge in [0, 0.05) is 28.1 Å². The Labute approximate surface area is 208 Å². The first-order chi connectivity index (χ1) is 16.3. The molecule has 0 saturated heterocycles. The number of benzene rings is 3. The van der Waals surface area contributed by atoms with Gasteiger partial charge in [0.15, 0.2) is 0 Å². The average Bonchev–Trinajstić information content (AvgIpc) is 3.23. The molecule has 4 aromatic rings. The van der Waals surface area contributed by atoms with Crippen molar-refractivity contribution in [2.45, 2.75) is 30.7 Å². The fraction of sp³-hybridized carbons (Fsp3) is 0.192. The molecule has 0 spiro atoms. The van der Waals surface area contributed by atoms with Crippen LogP contribution in [0.3, 0.4) is 0 Å². The lowest BCUT2D eigenvalue weighted by atomic mass is 10.0. The largest absolute Gasteiger partial charge is 0.361 e. The molecule has 1 amide bonds. The number of aromatic nitrogens is 1. The first-order valence-corrected chi connectivity index (χ1v) is 13.3. The second kappa shape index (κ2) is 10.5. The van der Waals surface area contributed by atoms with E-state index in [1.807, 2.05) is 61.7 Å². The highest BCUT2D eigenvalue weighted by molar-refractivity contribution is 9.10. The van der Waals surface area contributed by atoms with Gasteiger partial charge >= 0.3 is 0 Å². The van der Waals surface area contributed by atoms with E-state index < -0.39 is 16.1 Å². The van der Waals surface area contributed by atoms with Gasteiger partial charge in [-0.25, -0.2) is 8.42 Å². The molecule has 1 heterocycles. The van der Waals surface area contributed by atoms with Crippen molar-refractivity contribution in [1.29, 1.82) is 0 Å². The first kappa shape index (κ1) is 24.2. The highest BCUT2D eigenvalue weighted by Crippen LogP contribution is 2.20. The topological polar surface area (TPSA) is 91.1 Å². The molecule has 34 heavy (non-hydrogen) atoms. The van der Waals surface area contributed by atoms with Crippen molar-refractivity contribution in [1.82, 2.24) is 15.0 Å². The van der Waals surface area contributed by atoms with E-state index in [1.54, 1.807) is 24.3 Å². The molecule has 1 unspecified atom stereocenters. The smallest absolute Gasteiger partial charge is 0.241 e. The molecule has 0 aliphatic heterocycles. The van der Waals surface area contributed by atoms with Gasteiger partial charge in [-0.05, 0) is 61.2 Å². The lowest BCUT2D eigenvalue weighted by molar-refractivity contribution is -0.122. The van der Waals surface area contributed by atoms with E-state index in [9.17, 15) is 13.2 Å². The van der Waals surface area contributed by atoms with Crippen molar-refractivity contribution >= 4 is 42.8 Å². The summed E-state index contributed by atoms with van der Waals surface area (Å²) in [6, 6.07) is 21.2. The Hall–Kier alpha value is -2.94. The molecular weight excluding hydrogens is 514 g/mol. The molecule has 0 aliphatic rings. The van der Waals surface area contributed by atoms with Crippen LogP contribution in [-0.2, 0) is 27.7 Å². The SMILES string of the molecule is Cc1ccc(S(=O)(=O)NC(Cc2c[nH]c3ccccc23)C(=O)NCCc2ccc(Br)cc2)cc1. The third-order valence-electron chi connectivity index (χ3n) is 5.67. The van der Waals surface area contributed by atoms with Crippen LogP contribution in [-0.4, -0.2) is 31.9 Å². The summed E-state index contributed by atoms with van der Waals surface area (Å²) in [7, 11) is -3.89. The molecule has 8 heteroatoms. The second-order valence-electron chi connectivity index (χ2n) is 8.22. The van der Waals surface area contributed by atoms with Crippen LogP contribution < -0.4 is 10.0 Å². The number of nitrogens with one attached hydrogen (secondary N) is 3. The number of fused-ring (bicyclic) bond motifs is 1. The van der Waals surface area contributed by atoms with Crippen LogP contribution in [0.2, 0.25) is 0 Å². The van der Waals surface area contributed by atoms with E-state index in [1.165, 1.54) is 0 Å². The maximum atomic E-state index is 13.2. The lowest BCUT2D eigenvalue weighted by Crippen LogP contribution is -2.48. The van der Waals surface area contributed by atoms with Gasteiger partial charge in [-0.15, -0.1) is 0 Å². The van der Waals surface area contributed by atoms with Gasteiger partial charge in [0.05, 0.1) is 4.90 Å². The maximum Gasteiger partial charge on any atom is 0.241 e. The van der Waals surface area contributed by atoms with Crippen molar-refractivity contribution in [3.05, 3.63) is 100 Å². The normalized spacial score (nSPS) is 12.5. The molecule has 0 aliphatic carbocycles. The van der Waals surface area contributed by atoms with Gasteiger partial charge in [-0.1, -0.05) is 64.0 Å². The van der Waals surface area contributed by atoms with Gasteiger partial charge in [0.1, 0.15) is 6.04 Å². The highest BCUT2D eigenvalue weighted by Gasteiger charge is 2.26. The average molecular weight is 540 g/mol. The first-order valence-electron chi connectivity index (χ1n) is 11.0. The third-order valence-corrected chi connectivity index (χ3v) is 7.69. The number of amides is 1. The van der Waals surface area contributed by atoms with Gasteiger partial charge in [0.2, 0.25) is 15.9 Å². The summed E-state index contributed by atoms with van der Waals surface area (Å²) in [5.41, 5.74) is 3.85. The maximum absolute atomic E-state index is 13.2. The fourth-order valence-corrected chi connectivity index (χ4v) is 5.25. The second-order valence-corrected chi connectivity index (χ2v) is 10.8. The predicted octanol–water partition coefficient (Wildman–Crippen LogP) is 4.49. The van der Waals surface area contributed by atoms with Crippen LogP contribution in [0.5, 0.6) is 0 Å². The zero-order valence-electron chi connectivity index (χ0n) is 18.7. The van der Waals surface area contributed by atoms with Gasteiger partial charge in [-0.3, -0.25) is 4.79 Å². The van der Waals surface area contributed by atoms with Crippen LogP contribution in [0.15, 0.2) is 88.4 Å². The Bertz CT molecular complexity index is 1380. The molecule has 176 valence electrons. The molecule has 1 atom stereocenters. The quantitative estimate of drug-likeness (QED) is 0.292. The Balaban J connectivity index is 1.53. The predicted molar refractivity (Wildman–Crippen MR) is 138 cm³/mol. The Morgan fingerprint density at radius 1 is 1.00 bits per heavy atom. The molecule has 0 fully saturated rings. The van der Waals surface area contributed by atoms with Gasteiger partial charge < -0.3 is 10.3 Å². The Morgan fingerprint density at radius 3 is 2.44 bits per heavy atom. The number of hydrogen-bond acceptors (Lipinski definition) is 3. The van der Waals surface area contributed by atoms with Crippen molar-refractivity contribution in [3.63, 3.8) is 0 Å². The van der Waals surface area contributed by atoms with Crippen LogP contribution in [0, 0.1) is 6.92 Å². The minimum atomic E-state index is -3.89. The standard InChI is InChI=1S/C26H26BrN3O3S/c1-18-6-12-22(13-7-18)34(32,33)30-25(16-20-17-29-24-5-3-2-4-23(20)24)26(31)28-15-14-19-8-10-21(27)11-9-19/h2-13,17,25,29-30H,14-16H2,1H3,(H,28,31).